The summed E-state index contributed by atoms with van der Waals surface area (Å²) in [6.07, 6.45) is -1.17. The molecule has 0 unspecified atom stereocenters. The van der Waals surface area contributed by atoms with Gasteiger partial charge in [0.05, 0.1) is 10.6 Å². The predicted octanol–water partition coefficient (Wildman–Crippen LogP) is 3.48. The minimum atomic E-state index is -1.17. The molecule has 0 saturated carbocycles. The molecule has 6 nitrogen and oxygen atoms in total. The summed E-state index contributed by atoms with van der Waals surface area (Å²) in [6, 6.07) is 7.74. The second-order valence-electron chi connectivity index (χ2n) is 3.87. The van der Waals surface area contributed by atoms with Crippen LogP contribution in [-0.2, 0) is 0 Å². The largest absolute Gasteiger partial charge is 0.417 e. The molecule has 0 fully saturated rings. The smallest absolute Gasteiger partial charge is 0.407 e. The van der Waals surface area contributed by atoms with Gasteiger partial charge in [0, 0.05) is 12.1 Å². The lowest BCUT2D eigenvalue weighted by Gasteiger charge is -2.07. The van der Waals surface area contributed by atoms with Crippen LogP contribution >= 0.6 is 0 Å². The van der Waals surface area contributed by atoms with E-state index in [-0.39, 0.29) is 5.75 Å². The van der Waals surface area contributed by atoms with E-state index in [1.54, 1.807) is 0 Å². The van der Waals surface area contributed by atoms with Gasteiger partial charge in [-0.25, -0.2) is 13.6 Å². The molecule has 0 saturated heterocycles. The zero-order valence-corrected chi connectivity index (χ0v) is 10.4. The highest BCUT2D eigenvalue weighted by Gasteiger charge is 2.15. The third-order valence-electron chi connectivity index (χ3n) is 2.44. The molecule has 1 N–H and O–H groups in total. The van der Waals surface area contributed by atoms with Gasteiger partial charge in [0.25, 0.3) is 5.69 Å². The van der Waals surface area contributed by atoms with Gasteiger partial charge in [-0.05, 0) is 18.2 Å². The van der Waals surface area contributed by atoms with E-state index in [2.05, 4.69) is 4.74 Å². The summed E-state index contributed by atoms with van der Waals surface area (Å²) in [7, 11) is 0. The number of anilines is 1. The molecule has 108 valence electrons. The highest BCUT2D eigenvalue weighted by atomic mass is 19.1. The van der Waals surface area contributed by atoms with Crippen LogP contribution in [-0.4, -0.2) is 11.0 Å². The number of amides is 1. The number of nitrogens with one attached hydrogen (secondary N) is 1. The van der Waals surface area contributed by atoms with Gasteiger partial charge in [0.1, 0.15) is 5.82 Å². The molecule has 0 atom stereocenters. The molecular formula is C13H8F2N2O4. The maximum absolute atomic E-state index is 13.4. The number of rotatable bonds is 3. The number of ether oxygens (including phenoxy) is 1. The lowest BCUT2D eigenvalue weighted by molar-refractivity contribution is -0.384. The molecule has 0 aliphatic rings. The predicted molar refractivity (Wildman–Crippen MR) is 69.1 cm³/mol. The molecule has 8 heteroatoms. The molecule has 2 aromatic carbocycles. The molecule has 2 aromatic rings. The van der Waals surface area contributed by atoms with Gasteiger partial charge in [-0.3, -0.25) is 15.4 Å². The zero-order valence-electron chi connectivity index (χ0n) is 10.4. The van der Waals surface area contributed by atoms with Crippen LogP contribution in [0.1, 0.15) is 0 Å². The molecule has 0 aliphatic carbocycles. The van der Waals surface area contributed by atoms with Gasteiger partial charge >= 0.3 is 6.09 Å². The fraction of sp³-hybridized carbons (Fsp3) is 0. The molecule has 0 aliphatic heterocycles. The maximum atomic E-state index is 13.4. The van der Waals surface area contributed by atoms with Crippen molar-refractivity contribution in [2.24, 2.45) is 0 Å². The molecule has 0 radical (unpaired) electrons. The van der Waals surface area contributed by atoms with Crippen LogP contribution in [0.3, 0.4) is 0 Å². The average molecular weight is 294 g/mol. The number of hydrogen-bond acceptors (Lipinski definition) is 4. The lowest BCUT2D eigenvalue weighted by atomic mass is 10.2. The van der Waals surface area contributed by atoms with E-state index < -0.39 is 34.0 Å². The van der Waals surface area contributed by atoms with Crippen molar-refractivity contribution < 1.29 is 23.2 Å². The fourth-order valence-corrected chi connectivity index (χ4v) is 1.49. The summed E-state index contributed by atoms with van der Waals surface area (Å²) < 4.78 is 31.4. The number of nitro groups is 1. The summed E-state index contributed by atoms with van der Waals surface area (Å²) in [6.45, 7) is 0. The van der Waals surface area contributed by atoms with Crippen molar-refractivity contribution in [3.8, 4) is 5.75 Å². The normalized spacial score (nSPS) is 10.0. The Morgan fingerprint density at radius 2 is 1.86 bits per heavy atom. The SMILES string of the molecule is O=C(Nc1cc([N+](=O)[O-])ccc1F)Oc1ccccc1F. The van der Waals surface area contributed by atoms with Crippen LogP contribution in [0.2, 0.25) is 0 Å². The fourth-order valence-electron chi connectivity index (χ4n) is 1.49. The Morgan fingerprint density at radius 1 is 1.14 bits per heavy atom. The van der Waals surface area contributed by atoms with E-state index in [4.69, 9.17) is 0 Å². The molecule has 21 heavy (non-hydrogen) atoms. The molecule has 0 aromatic heterocycles. The van der Waals surface area contributed by atoms with Crippen LogP contribution in [0.4, 0.5) is 25.0 Å². The molecule has 2 rings (SSSR count). The van der Waals surface area contributed by atoms with E-state index >= 15 is 0 Å². The number of carbonyl (C=O) groups excluding carboxylic acids is 1. The average Bonchev–Trinajstić information content (AvgIpc) is 2.43. The third kappa shape index (κ3) is 3.50. The van der Waals surface area contributed by atoms with Gasteiger partial charge in [0.15, 0.2) is 11.6 Å². The highest BCUT2D eigenvalue weighted by molar-refractivity contribution is 5.86. The Labute approximate surface area is 117 Å². The number of para-hydroxylation sites is 1. The molecule has 0 bridgehead atoms. The number of carbonyl (C=O) groups is 1. The van der Waals surface area contributed by atoms with Crippen molar-refractivity contribution in [1.82, 2.24) is 0 Å². The minimum absolute atomic E-state index is 0.346. The first-order valence-corrected chi connectivity index (χ1v) is 5.64. The third-order valence-corrected chi connectivity index (χ3v) is 2.44. The van der Waals surface area contributed by atoms with Crippen LogP contribution in [0.15, 0.2) is 42.5 Å². The van der Waals surface area contributed by atoms with Crippen LogP contribution < -0.4 is 10.1 Å². The second kappa shape index (κ2) is 5.95. The van der Waals surface area contributed by atoms with Gasteiger partial charge in [-0.1, -0.05) is 12.1 Å². The first-order chi connectivity index (χ1) is 9.97. The van der Waals surface area contributed by atoms with Gasteiger partial charge in [0.2, 0.25) is 0 Å². The number of halogens is 2. The van der Waals surface area contributed by atoms with E-state index in [9.17, 15) is 23.7 Å². The standard InChI is InChI=1S/C13H8F2N2O4/c14-9-6-5-8(17(19)20)7-11(9)16-13(18)21-12-4-2-1-3-10(12)15/h1-7H,(H,16,18). The summed E-state index contributed by atoms with van der Waals surface area (Å²) in [5.41, 5.74) is -0.844. The van der Waals surface area contributed by atoms with Gasteiger partial charge in [-0.15, -0.1) is 0 Å². The van der Waals surface area contributed by atoms with Crippen molar-refractivity contribution >= 4 is 17.5 Å². The Bertz CT molecular complexity index is 706. The number of nitrogens with zero attached hydrogens (tertiary/aromatic N) is 1. The van der Waals surface area contributed by atoms with Crippen molar-refractivity contribution in [3.05, 3.63) is 64.2 Å². The van der Waals surface area contributed by atoms with Crippen LogP contribution in [0.25, 0.3) is 0 Å². The zero-order chi connectivity index (χ0) is 15.4. The summed E-state index contributed by atoms with van der Waals surface area (Å²) in [4.78, 5) is 21.4. The lowest BCUT2D eigenvalue weighted by Crippen LogP contribution is -2.18. The Balaban J connectivity index is 2.15. The Kier molecular flexibility index (Phi) is 4.07. The van der Waals surface area contributed by atoms with E-state index in [0.717, 1.165) is 24.3 Å². The van der Waals surface area contributed by atoms with Crippen molar-refractivity contribution in [2.75, 3.05) is 5.32 Å². The monoisotopic (exact) mass is 294 g/mol. The minimum Gasteiger partial charge on any atom is -0.407 e. The highest BCUT2D eigenvalue weighted by Crippen LogP contribution is 2.22. The quantitative estimate of drug-likeness (QED) is 0.694. The molecule has 1 amide bonds. The first-order valence-electron chi connectivity index (χ1n) is 5.64. The topological polar surface area (TPSA) is 81.5 Å². The number of hydrogen-bond donors (Lipinski definition) is 1. The van der Waals surface area contributed by atoms with Crippen molar-refractivity contribution in [1.29, 1.82) is 0 Å². The van der Waals surface area contributed by atoms with E-state index in [1.807, 2.05) is 5.32 Å². The number of nitro benzene ring substituents is 1. The van der Waals surface area contributed by atoms with Crippen LogP contribution in [0, 0.1) is 21.7 Å². The van der Waals surface area contributed by atoms with E-state index in [1.165, 1.54) is 18.2 Å². The summed E-state index contributed by atoms with van der Waals surface area (Å²) >= 11 is 0. The Morgan fingerprint density at radius 3 is 2.52 bits per heavy atom. The van der Waals surface area contributed by atoms with Crippen LogP contribution in [0.5, 0.6) is 5.75 Å². The number of non-ortho nitro benzene ring substituents is 1. The second-order valence-corrected chi connectivity index (χ2v) is 3.87. The van der Waals surface area contributed by atoms with Gasteiger partial charge < -0.3 is 4.74 Å². The van der Waals surface area contributed by atoms with Crippen molar-refractivity contribution in [2.45, 2.75) is 0 Å². The number of benzene rings is 2. The molecular weight excluding hydrogens is 286 g/mol. The molecule has 0 heterocycles. The molecule has 0 spiro atoms. The van der Waals surface area contributed by atoms with Gasteiger partial charge in [-0.2, -0.15) is 0 Å². The maximum Gasteiger partial charge on any atom is 0.417 e. The summed E-state index contributed by atoms with van der Waals surface area (Å²) in [5, 5.41) is 12.5. The summed E-state index contributed by atoms with van der Waals surface area (Å²) in [5.74, 6) is -2.00. The van der Waals surface area contributed by atoms with Crippen molar-refractivity contribution in [3.63, 3.8) is 0 Å². The van der Waals surface area contributed by atoms with E-state index in [0.29, 0.717) is 0 Å². The first kappa shape index (κ1) is 14.4. The Hall–Kier alpha value is -3.03.